The molecule has 0 bridgehead atoms. The summed E-state index contributed by atoms with van der Waals surface area (Å²) in [4.78, 5) is 54.0. The fourth-order valence-electron chi connectivity index (χ4n) is 4.35. The van der Waals surface area contributed by atoms with E-state index in [0.29, 0.717) is 30.0 Å². The number of carbonyl (C=O) groups is 4. The Morgan fingerprint density at radius 3 is 2.33 bits per heavy atom. The SMILES string of the molecule is CC(C)CC(NC(=O)C1(NC(=O)c2ccccc2)CCCCC1)C(=O)C(=O)N/N=C1\SCCN1C.Cl. The molecule has 3 N–H and O–H groups in total. The van der Waals surface area contributed by atoms with Gasteiger partial charge in [0, 0.05) is 24.9 Å². The van der Waals surface area contributed by atoms with Crippen molar-refractivity contribution in [2.45, 2.75) is 64.0 Å². The van der Waals surface area contributed by atoms with E-state index < -0.39 is 29.2 Å². The van der Waals surface area contributed by atoms with Crippen LogP contribution in [-0.2, 0) is 14.4 Å². The number of carbonyl (C=O) groups excluding carboxylic acids is 4. The maximum Gasteiger partial charge on any atom is 0.309 e. The molecule has 2 fully saturated rings. The molecule has 0 spiro atoms. The highest BCUT2D eigenvalue weighted by Gasteiger charge is 2.43. The largest absolute Gasteiger partial charge is 0.352 e. The van der Waals surface area contributed by atoms with Crippen molar-refractivity contribution in [3.63, 3.8) is 0 Å². The third kappa shape index (κ3) is 7.70. The van der Waals surface area contributed by atoms with Crippen molar-refractivity contribution in [3.8, 4) is 0 Å². The molecule has 1 unspecified atom stereocenters. The first-order valence-electron chi connectivity index (χ1n) is 12.2. The lowest BCUT2D eigenvalue weighted by Crippen LogP contribution is -2.62. The topological polar surface area (TPSA) is 120 Å². The lowest BCUT2D eigenvalue weighted by Gasteiger charge is -2.37. The molecule has 1 saturated heterocycles. The van der Waals surface area contributed by atoms with Crippen LogP contribution in [0, 0.1) is 5.92 Å². The Hall–Kier alpha value is -2.59. The van der Waals surface area contributed by atoms with Gasteiger partial charge in [-0.3, -0.25) is 19.2 Å². The number of thioether (sulfide) groups is 1. The molecule has 3 rings (SSSR count). The first kappa shape index (κ1) is 29.6. The normalized spacial score (nSPS) is 18.8. The molecule has 11 heteroatoms. The summed E-state index contributed by atoms with van der Waals surface area (Å²) < 4.78 is 0. The number of amidine groups is 1. The number of hydrogen-bond donors (Lipinski definition) is 3. The second-order valence-corrected chi connectivity index (χ2v) is 10.7. The number of benzene rings is 1. The highest BCUT2D eigenvalue weighted by atomic mass is 35.5. The van der Waals surface area contributed by atoms with Gasteiger partial charge < -0.3 is 15.5 Å². The molecule has 198 valence electrons. The van der Waals surface area contributed by atoms with Gasteiger partial charge in [-0.2, -0.15) is 0 Å². The van der Waals surface area contributed by atoms with Crippen LogP contribution in [0.25, 0.3) is 0 Å². The van der Waals surface area contributed by atoms with Gasteiger partial charge in [0.1, 0.15) is 5.54 Å². The highest BCUT2D eigenvalue weighted by molar-refractivity contribution is 8.14. The number of nitrogens with zero attached hydrogens (tertiary/aromatic N) is 2. The van der Waals surface area contributed by atoms with E-state index >= 15 is 0 Å². The van der Waals surface area contributed by atoms with E-state index in [-0.39, 0.29) is 24.2 Å². The zero-order valence-corrected chi connectivity index (χ0v) is 22.7. The number of nitrogens with one attached hydrogen (secondary N) is 3. The summed E-state index contributed by atoms with van der Waals surface area (Å²) in [5, 5.41) is 10.5. The van der Waals surface area contributed by atoms with Crippen LogP contribution in [-0.4, -0.2) is 64.5 Å². The Morgan fingerprint density at radius 2 is 1.75 bits per heavy atom. The van der Waals surface area contributed by atoms with E-state index in [2.05, 4.69) is 21.2 Å². The van der Waals surface area contributed by atoms with E-state index in [4.69, 9.17) is 0 Å². The molecule has 1 atom stereocenters. The first-order valence-corrected chi connectivity index (χ1v) is 13.1. The van der Waals surface area contributed by atoms with Crippen LogP contribution in [0.5, 0.6) is 0 Å². The number of hydrogen-bond acceptors (Lipinski definition) is 6. The molecule has 1 heterocycles. The third-order valence-electron chi connectivity index (χ3n) is 6.32. The van der Waals surface area contributed by atoms with Crippen LogP contribution in [0.1, 0.15) is 62.7 Å². The maximum absolute atomic E-state index is 13.6. The summed E-state index contributed by atoms with van der Waals surface area (Å²) in [5.41, 5.74) is 1.68. The van der Waals surface area contributed by atoms with Crippen LogP contribution in [0.3, 0.4) is 0 Å². The molecular formula is C25H36ClN5O4S. The molecule has 1 aliphatic carbocycles. The molecule has 2 aliphatic rings. The zero-order valence-electron chi connectivity index (χ0n) is 21.0. The lowest BCUT2D eigenvalue weighted by atomic mass is 9.80. The molecule has 0 aromatic heterocycles. The molecule has 1 aromatic carbocycles. The molecule has 1 saturated carbocycles. The smallest absolute Gasteiger partial charge is 0.309 e. The molecule has 36 heavy (non-hydrogen) atoms. The zero-order chi connectivity index (χ0) is 25.4. The number of halogens is 1. The Bertz CT molecular complexity index is 966. The average molecular weight is 538 g/mol. The van der Waals surface area contributed by atoms with E-state index in [9.17, 15) is 19.2 Å². The Morgan fingerprint density at radius 1 is 1.08 bits per heavy atom. The van der Waals surface area contributed by atoms with Crippen LogP contribution < -0.4 is 16.1 Å². The summed E-state index contributed by atoms with van der Waals surface area (Å²) >= 11 is 1.50. The van der Waals surface area contributed by atoms with E-state index in [1.54, 1.807) is 24.3 Å². The summed E-state index contributed by atoms with van der Waals surface area (Å²) in [6, 6.07) is 7.74. The maximum atomic E-state index is 13.6. The van der Waals surface area contributed by atoms with Crippen molar-refractivity contribution in [2.75, 3.05) is 19.3 Å². The number of Topliss-reactive ketones (excluding diaryl/α,β-unsaturated/α-hetero) is 1. The van der Waals surface area contributed by atoms with Gasteiger partial charge in [-0.05, 0) is 37.3 Å². The van der Waals surface area contributed by atoms with Gasteiger partial charge in [0.15, 0.2) is 5.17 Å². The number of rotatable bonds is 9. The fraction of sp³-hybridized carbons (Fsp3) is 0.560. The van der Waals surface area contributed by atoms with Crippen LogP contribution in [0.15, 0.2) is 35.4 Å². The van der Waals surface area contributed by atoms with Gasteiger partial charge in [-0.15, -0.1) is 17.5 Å². The molecular weight excluding hydrogens is 502 g/mol. The molecule has 9 nitrogen and oxygen atoms in total. The van der Waals surface area contributed by atoms with Crippen molar-refractivity contribution in [1.29, 1.82) is 0 Å². The standard InChI is InChI=1S/C25H35N5O4S.ClH/c1-17(2)16-19(20(31)22(33)28-29-24-30(3)14-15-35-24)26-23(34)25(12-8-5-9-13-25)27-21(32)18-10-6-4-7-11-18;/h4,6-7,10-11,17,19H,5,8-9,12-16H2,1-3H3,(H,26,34)(H,27,32)(H,28,33);1H/b29-24-;. The van der Waals surface area contributed by atoms with E-state index in [1.165, 1.54) is 11.8 Å². The third-order valence-corrected chi connectivity index (χ3v) is 7.37. The Balaban J connectivity index is 0.00000456. The van der Waals surface area contributed by atoms with E-state index in [0.717, 1.165) is 31.6 Å². The van der Waals surface area contributed by atoms with Gasteiger partial charge >= 0.3 is 5.91 Å². The van der Waals surface area contributed by atoms with Crippen molar-refractivity contribution in [1.82, 2.24) is 21.0 Å². The lowest BCUT2D eigenvalue weighted by molar-refractivity contribution is -0.141. The summed E-state index contributed by atoms with van der Waals surface area (Å²) in [5.74, 6) is -1.45. The molecule has 0 radical (unpaired) electrons. The van der Waals surface area contributed by atoms with Crippen molar-refractivity contribution in [2.24, 2.45) is 11.0 Å². The molecule has 1 aromatic rings. The van der Waals surface area contributed by atoms with Crippen molar-refractivity contribution >= 4 is 52.8 Å². The monoisotopic (exact) mass is 537 g/mol. The number of amides is 3. The predicted octanol–water partition coefficient (Wildman–Crippen LogP) is 2.71. The summed E-state index contributed by atoms with van der Waals surface area (Å²) in [6.07, 6.45) is 3.79. The first-order chi connectivity index (χ1) is 16.7. The quantitative estimate of drug-likeness (QED) is 0.329. The van der Waals surface area contributed by atoms with Gasteiger partial charge in [0.05, 0.1) is 6.04 Å². The van der Waals surface area contributed by atoms with Crippen molar-refractivity contribution < 1.29 is 19.2 Å². The second-order valence-electron chi connectivity index (χ2n) is 9.59. The summed E-state index contributed by atoms with van der Waals surface area (Å²) in [7, 11) is 1.86. The minimum Gasteiger partial charge on any atom is -0.352 e. The average Bonchev–Trinajstić information content (AvgIpc) is 3.26. The number of ketones is 1. The van der Waals surface area contributed by atoms with Crippen LogP contribution in [0.4, 0.5) is 0 Å². The Labute approximate surface area is 223 Å². The van der Waals surface area contributed by atoms with Crippen molar-refractivity contribution in [3.05, 3.63) is 35.9 Å². The molecule has 3 amide bonds. The Kier molecular flexibility index (Phi) is 11.2. The van der Waals surface area contributed by atoms with Gasteiger partial charge in [0.25, 0.3) is 5.91 Å². The van der Waals surface area contributed by atoms with Gasteiger partial charge in [-0.1, -0.05) is 63.1 Å². The highest BCUT2D eigenvalue weighted by Crippen LogP contribution is 2.29. The van der Waals surface area contributed by atoms with Gasteiger partial charge in [0.2, 0.25) is 11.7 Å². The minimum absolute atomic E-state index is 0. The van der Waals surface area contributed by atoms with Crippen LogP contribution >= 0.6 is 24.2 Å². The minimum atomic E-state index is -1.12. The summed E-state index contributed by atoms with van der Waals surface area (Å²) in [6.45, 7) is 4.65. The van der Waals surface area contributed by atoms with E-state index in [1.807, 2.05) is 31.9 Å². The van der Waals surface area contributed by atoms with Crippen LogP contribution in [0.2, 0.25) is 0 Å². The fourth-order valence-corrected chi connectivity index (χ4v) is 5.32. The second kappa shape index (κ2) is 13.6. The molecule has 1 aliphatic heterocycles. The van der Waals surface area contributed by atoms with Gasteiger partial charge in [-0.25, -0.2) is 5.43 Å². The predicted molar refractivity (Wildman–Crippen MR) is 144 cm³/mol. The number of hydrazone groups is 1.